The topological polar surface area (TPSA) is 486 Å². The minimum absolute atomic E-state index is 0.365. The molecule has 143 heavy (non-hydrogen) atoms. The molecule has 4 heterocycles. The summed E-state index contributed by atoms with van der Waals surface area (Å²) in [4.78, 5) is 36.1. The molecule has 4 aliphatic heterocycles. The number of nitrogens with two attached hydrogens (primary N) is 5. The van der Waals surface area contributed by atoms with Crippen LogP contribution < -0.4 is 28.7 Å². The van der Waals surface area contributed by atoms with Gasteiger partial charge in [-0.15, -0.1) is 32.9 Å². The minimum atomic E-state index is -4.40. The Kier molecular flexibility index (Phi) is 57.3. The average molecular weight is 2610 g/mol. The average Bonchev–Trinajstić information content (AvgIpc) is 0.746. The summed E-state index contributed by atoms with van der Waals surface area (Å²) in [5.41, 5.74) is 37.7. The Morgan fingerprint density at radius 2 is 0.601 bits per heavy atom. The van der Waals surface area contributed by atoms with Crippen molar-refractivity contribution in [1.29, 1.82) is 0 Å². The summed E-state index contributed by atoms with van der Waals surface area (Å²) < 4.78 is 226. The van der Waals surface area contributed by atoms with Gasteiger partial charge in [-0.05, 0) is 280 Å². The van der Waals surface area contributed by atoms with Gasteiger partial charge in [0.05, 0.1) is 0 Å². The first kappa shape index (κ1) is 144. The molecule has 40 nitrogen and oxygen atoms in total. The SMILES string of the molecule is C=C[Si]1(C)O[Si](C)(C)O[Si](C=C)(O[Si](O)(C=C)OC)O[Si](C)(C)O[Si]2(C=C)O[Si](C)(C)O[Si](C=C)(O[Si](C)(C)C)O[Si](C=C)(O[Si](C)(C)O[Si](C)(C)O[Si](C)(O)O1)O[Si](C)(C)O2.CC[Si]1(O[Si](C)(C)C)O[Si](C)(C)O[Si]2(CCSCCN)O[Si](C)(C)O[Si](CCSCCN)(O[Si](C)(C)OC)O[Si](C)(C)O[Si](C)(CCSCCN)O[Si](C)(O)O[Si](C)(C)O[Si](C)(C)O[Si](CCSCCN)(O[Si](C)(C)O2)O1.NCCS. The van der Waals surface area contributed by atoms with Crippen LogP contribution in [-0.2, 0) is 132 Å². The molecule has 0 aromatic carbocycles. The number of fused-ring (bicyclic) bond motifs is 8. The van der Waals surface area contributed by atoms with Crippen molar-refractivity contribution in [2.75, 3.05) is 98.7 Å². The minimum Gasteiger partial charge on any atom is -0.417 e. The predicted molar refractivity (Wildman–Crippen MR) is 645 cm³/mol. The maximum absolute atomic E-state index is 12.6. The van der Waals surface area contributed by atoms with Gasteiger partial charge in [-0.3, -0.25) is 0 Å². The van der Waals surface area contributed by atoms with Gasteiger partial charge < -0.3 is 175 Å². The first-order valence-electron chi connectivity index (χ1n) is 48.0. The normalized spacial score (nSPS) is 34.1. The van der Waals surface area contributed by atoms with Gasteiger partial charge in [0.25, 0.3) is 0 Å². The third kappa shape index (κ3) is 53.0. The summed E-state index contributed by atoms with van der Waals surface area (Å²) in [6, 6.07) is 2.03. The molecule has 0 saturated carbocycles. The third-order valence-electron chi connectivity index (χ3n) is 18.5. The summed E-state index contributed by atoms with van der Waals surface area (Å²) in [7, 11) is -99.6. The molecule has 4 fully saturated rings. The van der Waals surface area contributed by atoms with Crippen molar-refractivity contribution >= 4 is 302 Å². The standard InChI is InChI=1S/C38H106N4O17S4Si14.C30H74O18Si14.C2H7NS/c1-22-74(45-64(3,4)5)50-69(14,15)53-76(37-33-62-29-25-41)55-70(16,17)54-75(36-32-61-28-24-40,49-65(6,7)44-2)52-68(12,13)47-72(20,35-31-60-27-23-39)58-73(21,43)48-66(8,9)46-67(10,11)51-77(59-74,38-34-63-30-26-42)57-71(18,19)56-76;1-25-56(23)36-52(15,16)39-61(29-5,47-58(32,26-2)33-7)44-54(19,20)42-60(28-4)41-53(17,18)40-59(27-3,34-49(8,9)10)48-62(30-6,45-55(21,22)43-60)38-51(13,14)35-50(11,12)37-57(24,31)46-56;3-1-2-4/h43H,22-42H2,1-21H3;25-32H,1-6H2,7-24H3;4H,1-3H2. The van der Waals surface area contributed by atoms with E-state index in [0.29, 0.717) is 91.7 Å². The molecule has 13 N–H and O–H groups in total. The van der Waals surface area contributed by atoms with Crippen molar-refractivity contribution in [3.05, 3.63) is 73.7 Å². The Hall–Kier alpha value is 4.66. The molecule has 4 rings (SSSR count). The van der Waals surface area contributed by atoms with Gasteiger partial charge >= 0.3 is 225 Å². The van der Waals surface area contributed by atoms with Gasteiger partial charge in [0.15, 0.2) is 16.6 Å². The van der Waals surface area contributed by atoms with E-state index < -0.39 is 242 Å². The quantitative estimate of drug-likeness (QED) is 0.0157. The van der Waals surface area contributed by atoms with E-state index in [-0.39, 0.29) is 0 Å². The van der Waals surface area contributed by atoms with E-state index >= 15 is 0 Å². The summed E-state index contributed by atoms with van der Waals surface area (Å²) in [6.07, 6.45) is 0. The highest BCUT2D eigenvalue weighted by Crippen LogP contribution is 2.46. The van der Waals surface area contributed by atoms with Crippen LogP contribution in [0, 0.1) is 0 Å². The van der Waals surface area contributed by atoms with Crippen LogP contribution in [0.3, 0.4) is 0 Å². The Morgan fingerprint density at radius 3 is 0.937 bits per heavy atom. The predicted octanol–water partition coefficient (Wildman–Crippen LogP) is 14.3. The Balaban J connectivity index is 0.000000951. The zero-order valence-electron chi connectivity index (χ0n) is 93.5. The molecule has 4 saturated heterocycles. The van der Waals surface area contributed by atoms with Crippen molar-refractivity contribution in [3.63, 3.8) is 0 Å². The number of rotatable bonds is 38. The first-order valence-corrected chi connectivity index (χ1v) is 123. The highest BCUT2D eigenvalue weighted by atomic mass is 32.2. The van der Waals surface area contributed by atoms with Crippen molar-refractivity contribution in [2.24, 2.45) is 28.7 Å². The number of hydrogen-bond donors (Lipinski definition) is 9. The smallest absolute Gasteiger partial charge is 0.417 e. The number of thioether (sulfide) groups is 4. The third-order valence-corrected chi connectivity index (χ3v) is 130. The lowest BCUT2D eigenvalue weighted by molar-refractivity contribution is 0.112. The van der Waals surface area contributed by atoms with Gasteiger partial charge in [0, 0.05) is 113 Å². The second-order valence-corrected chi connectivity index (χ2v) is 142. The molecular formula is C70H187N5O35S5Si28. The van der Waals surface area contributed by atoms with Crippen LogP contribution in [0.4, 0.5) is 0 Å². The van der Waals surface area contributed by atoms with Crippen molar-refractivity contribution in [1.82, 2.24) is 0 Å². The maximum atomic E-state index is 12.6. The fraction of sp³-hybridized carbons (Fsp3) is 0.829. The summed E-state index contributed by atoms with van der Waals surface area (Å²) in [6.45, 7) is 97.4. The summed E-state index contributed by atoms with van der Waals surface area (Å²) in [5, 5.41) is 0. The Morgan fingerprint density at radius 1 is 0.301 bits per heavy atom. The van der Waals surface area contributed by atoms with E-state index in [9.17, 15) is 14.4 Å². The Bertz CT molecular complexity index is 3980. The monoisotopic (exact) mass is 2600 g/mol. The highest BCUT2D eigenvalue weighted by molar-refractivity contribution is 8.00. The van der Waals surface area contributed by atoms with Crippen LogP contribution in [-0.4, -0.2) is 355 Å². The van der Waals surface area contributed by atoms with Gasteiger partial charge in [0.2, 0.25) is 0 Å². The second-order valence-electron chi connectivity index (χ2n) is 42.3. The van der Waals surface area contributed by atoms with E-state index in [1.807, 2.05) is 151 Å². The van der Waals surface area contributed by atoms with Crippen LogP contribution in [0.15, 0.2) is 73.7 Å². The lowest BCUT2D eigenvalue weighted by Crippen LogP contribution is -2.74. The molecule has 0 aliphatic carbocycles. The fourth-order valence-corrected chi connectivity index (χ4v) is 150. The molecule has 0 spiro atoms. The lowest BCUT2D eigenvalue weighted by Gasteiger charge is -2.52. The molecule has 0 aromatic heterocycles. The molecule has 0 amide bonds. The van der Waals surface area contributed by atoms with Crippen LogP contribution in [0.2, 0.25) is 266 Å². The van der Waals surface area contributed by atoms with Crippen molar-refractivity contribution in [3.8, 4) is 0 Å². The molecule has 4 bridgehead atoms. The Labute approximate surface area is 913 Å². The molecule has 13 atom stereocenters. The van der Waals surface area contributed by atoms with Crippen LogP contribution in [0.25, 0.3) is 0 Å². The van der Waals surface area contributed by atoms with E-state index in [4.69, 9.17) is 161 Å². The van der Waals surface area contributed by atoms with E-state index in [1.54, 1.807) is 125 Å². The summed E-state index contributed by atoms with van der Waals surface area (Å²) in [5.74, 6) is 6.17. The highest BCUT2D eigenvalue weighted by Gasteiger charge is 2.71. The molecule has 4 aliphatic rings. The zero-order chi connectivity index (χ0) is 111. The molecule has 13 unspecified atom stereocenters. The van der Waals surface area contributed by atoms with Gasteiger partial charge in [0.1, 0.15) is 0 Å². The molecule has 0 radical (unpaired) electrons. The van der Waals surface area contributed by atoms with Gasteiger partial charge in [-0.1, -0.05) is 19.2 Å². The van der Waals surface area contributed by atoms with Crippen molar-refractivity contribution < 1.29 is 147 Å². The largest absolute Gasteiger partial charge is 0.518 e. The van der Waals surface area contributed by atoms with E-state index in [0.717, 1.165) is 23.0 Å². The fourth-order valence-electron chi connectivity index (χ4n) is 15.5. The molecular weight excluding hydrogens is 2420 g/mol. The van der Waals surface area contributed by atoms with Crippen LogP contribution in [0.5, 0.6) is 0 Å². The lowest BCUT2D eigenvalue weighted by atomic mass is 10.8. The van der Waals surface area contributed by atoms with Gasteiger partial charge in [-0.2, -0.15) is 59.7 Å². The zero-order valence-corrected chi connectivity index (χ0v) is 126. The molecule has 844 valence electrons. The van der Waals surface area contributed by atoms with Gasteiger partial charge in [-0.25, -0.2) is 0 Å². The van der Waals surface area contributed by atoms with E-state index in [2.05, 4.69) is 71.7 Å². The van der Waals surface area contributed by atoms with Crippen molar-refractivity contribution in [2.45, 2.75) is 273 Å². The number of hydrogen-bond acceptors (Lipinski definition) is 45. The van der Waals surface area contributed by atoms with Crippen LogP contribution in [0.1, 0.15) is 6.92 Å². The summed E-state index contributed by atoms with van der Waals surface area (Å²) >= 11 is 10.6. The maximum Gasteiger partial charge on any atom is 0.518 e. The number of thiol groups is 1. The molecule has 73 heteroatoms. The van der Waals surface area contributed by atoms with Crippen LogP contribution >= 0.6 is 59.7 Å². The first-order chi connectivity index (χ1) is 64.4. The second kappa shape index (κ2) is 57.0. The van der Waals surface area contributed by atoms with E-state index in [1.165, 1.54) is 42.2 Å². The molecule has 0 aromatic rings.